The quantitative estimate of drug-likeness (QED) is 0.567. The van der Waals surface area contributed by atoms with Crippen molar-refractivity contribution >= 4 is 34.1 Å². The molecule has 0 aliphatic heterocycles. The van der Waals surface area contributed by atoms with E-state index in [1.54, 1.807) is 6.07 Å². The predicted molar refractivity (Wildman–Crippen MR) is 111 cm³/mol. The van der Waals surface area contributed by atoms with Crippen molar-refractivity contribution in [2.24, 2.45) is 0 Å². The van der Waals surface area contributed by atoms with Gasteiger partial charge in [-0.3, -0.25) is 4.79 Å². The molecule has 26 heavy (non-hydrogen) atoms. The number of H-pyrrole nitrogens is 2. The van der Waals surface area contributed by atoms with Crippen molar-refractivity contribution < 1.29 is 0 Å². The SMILES string of the molecule is CC(C)(C)c1cc(CC(C)(C)c2cc(Cl)c[nH]c2=O)c2[nH]cc(Cl)c2c1. The predicted octanol–water partition coefficient (Wildman–Crippen LogP) is 5.98. The number of hydrogen-bond acceptors (Lipinski definition) is 1. The maximum Gasteiger partial charge on any atom is 0.251 e. The summed E-state index contributed by atoms with van der Waals surface area (Å²) in [6, 6.07) is 6.12. The number of hydrogen-bond donors (Lipinski definition) is 2. The zero-order chi connectivity index (χ0) is 19.3. The molecule has 3 aromatic rings. The number of aromatic nitrogens is 2. The molecule has 5 heteroatoms. The molecule has 0 spiro atoms. The molecule has 2 heterocycles. The van der Waals surface area contributed by atoms with Crippen molar-refractivity contribution in [2.45, 2.75) is 51.9 Å². The van der Waals surface area contributed by atoms with Crippen LogP contribution in [-0.2, 0) is 17.3 Å². The molecule has 1 aromatic carbocycles. The van der Waals surface area contributed by atoms with Gasteiger partial charge in [0.1, 0.15) is 0 Å². The van der Waals surface area contributed by atoms with Gasteiger partial charge in [0.25, 0.3) is 5.56 Å². The average Bonchev–Trinajstić information content (AvgIpc) is 2.90. The number of pyridine rings is 1. The summed E-state index contributed by atoms with van der Waals surface area (Å²) in [6.45, 7) is 10.7. The zero-order valence-electron chi connectivity index (χ0n) is 15.8. The lowest BCUT2D eigenvalue weighted by Crippen LogP contribution is -2.29. The third kappa shape index (κ3) is 3.56. The van der Waals surface area contributed by atoms with E-state index in [-0.39, 0.29) is 16.4 Å². The van der Waals surface area contributed by atoms with Gasteiger partial charge < -0.3 is 9.97 Å². The second kappa shape index (κ2) is 6.47. The molecule has 3 nitrogen and oxygen atoms in total. The van der Waals surface area contributed by atoms with Crippen molar-refractivity contribution in [3.63, 3.8) is 0 Å². The fourth-order valence-electron chi connectivity index (χ4n) is 3.38. The number of aromatic amines is 2. The molecule has 0 atom stereocenters. The monoisotopic (exact) mass is 390 g/mol. The minimum atomic E-state index is -0.389. The molecule has 0 fully saturated rings. The van der Waals surface area contributed by atoms with Crippen molar-refractivity contribution in [2.75, 3.05) is 0 Å². The second-order valence-corrected chi connectivity index (χ2v) is 9.41. The molecule has 2 aromatic heterocycles. The molecule has 0 saturated carbocycles. The van der Waals surface area contributed by atoms with Crippen LogP contribution in [0.3, 0.4) is 0 Å². The van der Waals surface area contributed by atoms with Gasteiger partial charge in [0.2, 0.25) is 0 Å². The molecule has 0 bridgehead atoms. The number of nitrogens with one attached hydrogen (secondary N) is 2. The molecular formula is C21H24Cl2N2O. The van der Waals surface area contributed by atoms with Crippen molar-refractivity contribution in [1.82, 2.24) is 9.97 Å². The Hall–Kier alpha value is -1.71. The summed E-state index contributed by atoms with van der Waals surface area (Å²) in [5.74, 6) is 0. The van der Waals surface area contributed by atoms with E-state index in [1.807, 2.05) is 6.20 Å². The number of fused-ring (bicyclic) bond motifs is 1. The highest BCUT2D eigenvalue weighted by atomic mass is 35.5. The number of rotatable bonds is 3. The highest BCUT2D eigenvalue weighted by Gasteiger charge is 2.27. The van der Waals surface area contributed by atoms with Crippen molar-refractivity contribution in [3.8, 4) is 0 Å². The van der Waals surface area contributed by atoms with Crippen molar-refractivity contribution in [1.29, 1.82) is 0 Å². The van der Waals surface area contributed by atoms with Gasteiger partial charge in [-0.2, -0.15) is 0 Å². The van der Waals surface area contributed by atoms with Crippen LogP contribution in [0, 0.1) is 0 Å². The Labute approximate surface area is 163 Å². The molecular weight excluding hydrogens is 367 g/mol. The second-order valence-electron chi connectivity index (χ2n) is 8.57. The summed E-state index contributed by atoms with van der Waals surface area (Å²) in [6.07, 6.45) is 4.03. The standard InChI is InChI=1S/C21H24Cl2N2O/c1-20(2,3)13-6-12(18-15(7-13)17(23)11-24-18)9-21(4,5)16-8-14(22)10-25-19(16)26/h6-8,10-11,24H,9H2,1-5H3,(H,25,26). The number of benzene rings is 1. The smallest absolute Gasteiger partial charge is 0.251 e. The van der Waals surface area contributed by atoms with E-state index in [1.165, 1.54) is 11.8 Å². The minimum absolute atomic E-state index is 0.00120. The molecule has 0 aliphatic carbocycles. The molecule has 0 saturated heterocycles. The fourth-order valence-corrected chi connectivity index (χ4v) is 3.75. The third-order valence-electron chi connectivity index (χ3n) is 4.92. The van der Waals surface area contributed by atoms with Gasteiger partial charge >= 0.3 is 0 Å². The Balaban J connectivity index is 2.16. The topological polar surface area (TPSA) is 48.6 Å². The maximum absolute atomic E-state index is 12.4. The van der Waals surface area contributed by atoms with E-state index in [0.717, 1.165) is 16.5 Å². The van der Waals surface area contributed by atoms with E-state index < -0.39 is 0 Å². The lowest BCUT2D eigenvalue weighted by Gasteiger charge is -2.27. The van der Waals surface area contributed by atoms with Gasteiger partial charge in [-0.25, -0.2) is 0 Å². The maximum atomic E-state index is 12.4. The first-order valence-corrected chi connectivity index (χ1v) is 9.43. The highest BCUT2D eigenvalue weighted by Crippen LogP contribution is 2.36. The minimum Gasteiger partial charge on any atom is -0.360 e. The lowest BCUT2D eigenvalue weighted by molar-refractivity contribution is 0.515. The summed E-state index contributed by atoms with van der Waals surface area (Å²) >= 11 is 12.5. The largest absolute Gasteiger partial charge is 0.360 e. The van der Waals surface area contributed by atoms with Crippen LogP contribution in [0.4, 0.5) is 0 Å². The molecule has 138 valence electrons. The summed E-state index contributed by atoms with van der Waals surface area (Å²) < 4.78 is 0. The van der Waals surface area contributed by atoms with Crippen LogP contribution >= 0.6 is 23.2 Å². The molecule has 0 aliphatic rings. The van der Waals surface area contributed by atoms with Gasteiger partial charge in [-0.1, -0.05) is 63.9 Å². The Kier molecular flexibility index (Phi) is 4.74. The Morgan fingerprint density at radius 3 is 2.31 bits per heavy atom. The molecule has 2 N–H and O–H groups in total. The molecule has 0 radical (unpaired) electrons. The van der Waals surface area contributed by atoms with Crippen LogP contribution in [0.25, 0.3) is 10.9 Å². The Morgan fingerprint density at radius 1 is 0.962 bits per heavy atom. The van der Waals surface area contributed by atoms with E-state index >= 15 is 0 Å². The van der Waals surface area contributed by atoms with Crippen LogP contribution in [0.15, 0.2) is 35.4 Å². The molecule has 3 rings (SSSR count). The van der Waals surface area contributed by atoms with Gasteiger partial charge in [0.05, 0.1) is 15.6 Å². The van der Waals surface area contributed by atoms with E-state index in [2.05, 4.69) is 56.7 Å². The van der Waals surface area contributed by atoms with E-state index in [4.69, 9.17) is 23.2 Å². The van der Waals surface area contributed by atoms with E-state index in [9.17, 15) is 4.79 Å². The first kappa shape index (κ1) is 19.1. The van der Waals surface area contributed by atoms with Crippen LogP contribution < -0.4 is 5.56 Å². The van der Waals surface area contributed by atoms with Gasteiger partial charge in [0, 0.05) is 23.3 Å². The third-order valence-corrected chi connectivity index (χ3v) is 5.45. The van der Waals surface area contributed by atoms with Crippen LogP contribution in [0.1, 0.15) is 51.3 Å². The Bertz CT molecular complexity index is 1020. The summed E-state index contributed by atoms with van der Waals surface area (Å²) in [5.41, 5.74) is 3.57. The van der Waals surface area contributed by atoms with Crippen LogP contribution in [-0.4, -0.2) is 9.97 Å². The van der Waals surface area contributed by atoms with Gasteiger partial charge in [-0.15, -0.1) is 0 Å². The molecule has 0 amide bonds. The zero-order valence-corrected chi connectivity index (χ0v) is 17.3. The van der Waals surface area contributed by atoms with Gasteiger partial charge in [0.15, 0.2) is 0 Å². The summed E-state index contributed by atoms with van der Waals surface area (Å²) in [4.78, 5) is 18.4. The molecule has 0 unspecified atom stereocenters. The summed E-state index contributed by atoms with van der Waals surface area (Å²) in [5, 5.41) is 2.26. The fraction of sp³-hybridized carbons (Fsp3) is 0.381. The highest BCUT2D eigenvalue weighted by molar-refractivity contribution is 6.35. The average molecular weight is 391 g/mol. The van der Waals surface area contributed by atoms with E-state index in [0.29, 0.717) is 22.0 Å². The first-order chi connectivity index (χ1) is 12.0. The van der Waals surface area contributed by atoms with Crippen LogP contribution in [0.5, 0.6) is 0 Å². The van der Waals surface area contributed by atoms with Gasteiger partial charge in [-0.05, 0) is 40.5 Å². The normalized spacial score (nSPS) is 12.7. The Morgan fingerprint density at radius 2 is 1.65 bits per heavy atom. The van der Waals surface area contributed by atoms with Crippen molar-refractivity contribution in [3.05, 3.63) is 67.7 Å². The summed E-state index contributed by atoms with van der Waals surface area (Å²) in [7, 11) is 0. The first-order valence-electron chi connectivity index (χ1n) is 8.68. The van der Waals surface area contributed by atoms with Crippen LogP contribution in [0.2, 0.25) is 10.0 Å². The lowest BCUT2D eigenvalue weighted by atomic mass is 9.77. The number of halogens is 2.